The van der Waals surface area contributed by atoms with E-state index in [4.69, 9.17) is 22.6 Å². The Labute approximate surface area is 161 Å². The van der Waals surface area contributed by atoms with Crippen LogP contribution >= 0.6 is 0 Å². The summed E-state index contributed by atoms with van der Waals surface area (Å²) in [5, 5.41) is -0.369. The van der Waals surface area contributed by atoms with E-state index in [1.54, 1.807) is 0 Å². The average Bonchev–Trinajstić information content (AvgIpc) is 3.18. The zero-order valence-corrected chi connectivity index (χ0v) is 13.1. The molecule has 0 saturated heterocycles. The number of aromatic amines is 1. The van der Waals surface area contributed by atoms with E-state index in [1.165, 1.54) is 0 Å². The second-order valence-corrected chi connectivity index (χ2v) is 5.88. The summed E-state index contributed by atoms with van der Waals surface area (Å²) in [6.07, 6.45) is -0.798. The normalized spacial score (nSPS) is 21.8. The molecule has 6 nitrogen and oxygen atoms in total. The van der Waals surface area contributed by atoms with Gasteiger partial charge < -0.3 is 14.5 Å². The van der Waals surface area contributed by atoms with E-state index >= 15 is 0 Å². The summed E-state index contributed by atoms with van der Waals surface area (Å²) >= 11 is 0. The fourth-order valence-corrected chi connectivity index (χ4v) is 2.94. The number of nitrogens with zero attached hydrogens (tertiary/aromatic N) is 2. The van der Waals surface area contributed by atoms with Gasteiger partial charge >= 0.3 is 0 Å². The zero-order valence-electron chi connectivity index (χ0n) is 25.2. The lowest BCUT2D eigenvalue weighted by Crippen LogP contribution is -2.05. The molecular weight excluding hydrogens is 326 g/mol. The van der Waals surface area contributed by atoms with Crippen LogP contribution in [0.15, 0.2) is 29.5 Å². The van der Waals surface area contributed by atoms with Crippen molar-refractivity contribution in [1.82, 2.24) is 15.0 Å². The smallest absolute Gasteiger partial charge is 0.197 e. The predicted molar refractivity (Wildman–Crippen MR) is 93.0 cm³/mol. The third kappa shape index (κ3) is 2.99. The van der Waals surface area contributed by atoms with E-state index in [1.807, 2.05) is 0 Å². The number of fused-ring (bicyclic) bond motifs is 1. The molecule has 2 heterocycles. The molecule has 0 amide bonds. The van der Waals surface area contributed by atoms with Gasteiger partial charge in [0, 0.05) is 31.6 Å². The Balaban J connectivity index is 2.16. The molecule has 7 heteroatoms. The van der Waals surface area contributed by atoms with Crippen LogP contribution in [0.5, 0.6) is 11.5 Å². The number of benzene rings is 1. The van der Waals surface area contributed by atoms with Crippen LogP contribution in [-0.2, 0) is 16.6 Å². The molecule has 2 aromatic heterocycles. The van der Waals surface area contributed by atoms with Crippen LogP contribution in [0.25, 0.3) is 11.0 Å². The van der Waals surface area contributed by atoms with E-state index in [9.17, 15) is 4.21 Å². The average molecular weight is 359 g/mol. The number of hydrogen-bond donors (Lipinski definition) is 1. The molecule has 3 aromatic rings. The standard InChI is InChI=1S/C17H19N3O3S/c1-10-8-18-15(11(2)16(10)23-4)9-24(21)17-19-13-6-5-12(22-3)7-14(13)20-17/h5-8H,9H2,1-4H3,(H,19,20)/i1D3,2D3,3D3,5D,6D,7D,8D. The number of ether oxygens (including phenoxy) is 2. The van der Waals surface area contributed by atoms with Gasteiger partial charge in [0.2, 0.25) is 0 Å². The van der Waals surface area contributed by atoms with Crippen LogP contribution in [-0.4, -0.2) is 33.3 Å². The number of nitrogens with one attached hydrogen (secondary N) is 1. The van der Waals surface area contributed by atoms with Gasteiger partial charge in [0.1, 0.15) is 11.5 Å². The van der Waals surface area contributed by atoms with Gasteiger partial charge in [-0.25, -0.2) is 4.98 Å². The molecule has 0 fully saturated rings. The summed E-state index contributed by atoms with van der Waals surface area (Å²) in [4.78, 5) is 10.3. The summed E-state index contributed by atoms with van der Waals surface area (Å²) in [7, 11) is -4.23. The summed E-state index contributed by atoms with van der Waals surface area (Å²) in [6.45, 7) is -5.90. The highest BCUT2D eigenvalue weighted by Crippen LogP contribution is 2.26. The third-order valence-electron chi connectivity index (χ3n) is 3.05. The first kappa shape index (κ1) is 6.84. The maximum atomic E-state index is 13.2. The van der Waals surface area contributed by atoms with Crippen molar-refractivity contribution in [1.29, 1.82) is 0 Å². The monoisotopic (exact) mass is 358 g/mol. The molecule has 3 rings (SSSR count). The number of rotatable bonds is 5. The largest absolute Gasteiger partial charge is 0.497 e. The maximum absolute atomic E-state index is 13.2. The highest BCUT2D eigenvalue weighted by molar-refractivity contribution is 7.84. The van der Waals surface area contributed by atoms with Gasteiger partial charge in [-0.2, -0.15) is 0 Å². The maximum Gasteiger partial charge on any atom is 0.197 e. The van der Waals surface area contributed by atoms with Crippen LogP contribution in [0.4, 0.5) is 0 Å². The minimum absolute atomic E-state index is 0.246. The van der Waals surface area contributed by atoms with Gasteiger partial charge in [-0.1, -0.05) is 0 Å². The second-order valence-electron chi connectivity index (χ2n) is 4.52. The Morgan fingerprint density at radius 1 is 1.38 bits per heavy atom. The number of H-pyrrole nitrogens is 1. The molecule has 0 aliphatic carbocycles. The summed E-state index contributed by atoms with van der Waals surface area (Å²) in [6, 6.07) is -1.96. The lowest BCUT2D eigenvalue weighted by Gasteiger charge is -2.11. The number of pyridine rings is 1. The number of methoxy groups -OCH3 is 2. The fourth-order valence-electron chi connectivity index (χ4n) is 1.94. The van der Waals surface area contributed by atoms with Crippen molar-refractivity contribution in [3.8, 4) is 11.5 Å². The van der Waals surface area contributed by atoms with Gasteiger partial charge in [-0.3, -0.25) is 9.19 Å². The van der Waals surface area contributed by atoms with E-state index in [-0.39, 0.29) is 16.2 Å². The Kier molecular flexibility index (Phi) is 1.88. The van der Waals surface area contributed by atoms with Gasteiger partial charge in [-0.15, -0.1) is 0 Å². The molecule has 1 atom stereocenters. The van der Waals surface area contributed by atoms with Crippen molar-refractivity contribution in [2.75, 3.05) is 14.1 Å². The van der Waals surface area contributed by atoms with Crippen molar-refractivity contribution in [2.24, 2.45) is 0 Å². The van der Waals surface area contributed by atoms with Gasteiger partial charge in [-0.05, 0) is 25.8 Å². The summed E-state index contributed by atoms with van der Waals surface area (Å²) in [5.74, 6) is -2.00. The van der Waals surface area contributed by atoms with Crippen LogP contribution in [0.3, 0.4) is 0 Å². The van der Waals surface area contributed by atoms with Crippen LogP contribution in [0, 0.1) is 13.7 Å². The van der Waals surface area contributed by atoms with E-state index in [0.717, 1.165) is 7.11 Å². The second kappa shape index (κ2) is 6.60. The van der Waals surface area contributed by atoms with Crippen molar-refractivity contribution >= 4 is 21.8 Å². The molecule has 126 valence electrons. The number of hydrogen-bond acceptors (Lipinski definition) is 5. The number of imidazole rings is 1. The van der Waals surface area contributed by atoms with Crippen molar-refractivity contribution in [3.63, 3.8) is 0 Å². The van der Waals surface area contributed by atoms with E-state index in [2.05, 4.69) is 19.7 Å². The summed E-state index contributed by atoms with van der Waals surface area (Å²) < 4.78 is 123. The van der Waals surface area contributed by atoms with Crippen LogP contribution in [0.2, 0.25) is 0 Å². The van der Waals surface area contributed by atoms with E-state index in [0.29, 0.717) is 0 Å². The highest BCUT2D eigenvalue weighted by Gasteiger charge is 2.16. The van der Waals surface area contributed by atoms with E-state index < -0.39 is 89.9 Å². The molecule has 0 radical (unpaired) electrons. The van der Waals surface area contributed by atoms with Crippen molar-refractivity contribution in [2.45, 2.75) is 24.6 Å². The lowest BCUT2D eigenvalue weighted by atomic mass is 10.1. The molecule has 0 bridgehead atoms. The molecule has 0 aliphatic heterocycles. The first-order chi connectivity index (χ1) is 16.8. The molecule has 1 N–H and O–H groups in total. The van der Waals surface area contributed by atoms with Gasteiger partial charge in [0.25, 0.3) is 0 Å². The minimum atomic E-state index is -3.01. The predicted octanol–water partition coefficient (Wildman–Crippen LogP) is 2.90. The first-order valence-electron chi connectivity index (χ1n) is 12.9. The quantitative estimate of drug-likeness (QED) is 0.759. The first-order valence-corrected chi connectivity index (χ1v) is 7.75. The van der Waals surface area contributed by atoms with Gasteiger partial charge in [0.15, 0.2) is 5.16 Å². The molecule has 1 unspecified atom stereocenters. The Morgan fingerprint density at radius 2 is 2.29 bits per heavy atom. The van der Waals surface area contributed by atoms with Gasteiger partial charge in [0.05, 0.1) is 57.0 Å². The molecular formula is C17H19N3O3S. The topological polar surface area (TPSA) is 77.1 Å². The minimum Gasteiger partial charge on any atom is -0.497 e. The SMILES string of the molecule is [2H]c1nc(CS(=O)c2nc3c([2H])c([2H])c(OC([2H])([2H])[2H])c([2H])c3[nH]2)c(C([2H])([2H])[2H])c(OC)c1C([2H])([2H])[2H]. The number of aromatic nitrogens is 3. The molecule has 0 aliphatic rings. The van der Waals surface area contributed by atoms with Crippen LogP contribution < -0.4 is 9.47 Å². The highest BCUT2D eigenvalue weighted by atomic mass is 32.2. The Morgan fingerprint density at radius 3 is 3.04 bits per heavy atom. The zero-order chi connectivity index (χ0) is 28.2. The van der Waals surface area contributed by atoms with Crippen LogP contribution in [0.1, 0.15) is 34.6 Å². The fraction of sp³-hybridized carbons (Fsp3) is 0.294. The third-order valence-corrected chi connectivity index (χ3v) is 4.21. The van der Waals surface area contributed by atoms with Crippen molar-refractivity contribution in [3.05, 3.63) is 41.1 Å². The molecule has 0 spiro atoms. The summed E-state index contributed by atoms with van der Waals surface area (Å²) in [5.41, 5.74) is -2.31. The molecule has 0 saturated carbocycles. The molecule has 1 aromatic carbocycles. The Hall–Kier alpha value is -2.41. The van der Waals surface area contributed by atoms with Crippen molar-refractivity contribution < 1.29 is 31.5 Å². The molecule has 24 heavy (non-hydrogen) atoms. The Bertz CT molecular complexity index is 1400. The lowest BCUT2D eigenvalue weighted by molar-refractivity contribution is 0.407.